The zero-order valence-corrected chi connectivity index (χ0v) is 17.5. The first-order valence-corrected chi connectivity index (χ1v) is 9.94. The van der Waals surface area contributed by atoms with Crippen LogP contribution in [0.4, 0.5) is 0 Å². The molecule has 160 valence electrons. The molecule has 31 heavy (non-hydrogen) atoms. The molecule has 1 atom stereocenters. The number of nitrogens with one attached hydrogen (secondary N) is 1. The number of hydrogen-bond acceptors (Lipinski definition) is 5. The van der Waals surface area contributed by atoms with Crippen LogP contribution in [0.1, 0.15) is 12.5 Å². The third-order valence-electron chi connectivity index (χ3n) is 4.62. The van der Waals surface area contributed by atoms with Gasteiger partial charge in [-0.3, -0.25) is 4.79 Å². The molecule has 1 amide bonds. The molecule has 3 aromatic rings. The number of carbonyl (C=O) groups is 2. The maximum Gasteiger partial charge on any atom is 0.344 e. The summed E-state index contributed by atoms with van der Waals surface area (Å²) in [5, 5.41) is 2.75. The lowest BCUT2D eigenvalue weighted by Crippen LogP contribution is -2.36. The zero-order chi connectivity index (χ0) is 22.1. The van der Waals surface area contributed by atoms with Gasteiger partial charge in [-0.1, -0.05) is 60.7 Å². The molecule has 3 aromatic carbocycles. The van der Waals surface area contributed by atoms with Gasteiger partial charge in [-0.2, -0.15) is 0 Å². The maximum absolute atomic E-state index is 12.2. The predicted octanol–water partition coefficient (Wildman–Crippen LogP) is 3.99. The van der Waals surface area contributed by atoms with E-state index in [4.69, 9.17) is 14.2 Å². The molecule has 1 N–H and O–H groups in total. The Labute approximate surface area is 181 Å². The normalized spacial score (nSPS) is 11.3. The van der Waals surface area contributed by atoms with Crippen LogP contribution >= 0.6 is 0 Å². The van der Waals surface area contributed by atoms with E-state index in [1.165, 1.54) is 6.92 Å². The van der Waals surface area contributed by atoms with Crippen LogP contribution in [0.25, 0.3) is 11.1 Å². The van der Waals surface area contributed by atoms with Gasteiger partial charge in [-0.15, -0.1) is 0 Å². The molecule has 0 bridgehead atoms. The average Bonchev–Trinajstić information content (AvgIpc) is 2.82. The van der Waals surface area contributed by atoms with Gasteiger partial charge in [0.1, 0.15) is 11.5 Å². The highest BCUT2D eigenvalue weighted by molar-refractivity contribution is 5.83. The minimum Gasteiger partial charge on any atom is -0.497 e. The van der Waals surface area contributed by atoms with Gasteiger partial charge >= 0.3 is 5.97 Å². The third kappa shape index (κ3) is 6.34. The van der Waals surface area contributed by atoms with E-state index in [1.807, 2.05) is 72.8 Å². The Hall–Kier alpha value is -3.80. The molecule has 0 fully saturated rings. The minimum atomic E-state index is -0.932. The first kappa shape index (κ1) is 21.9. The Morgan fingerprint density at radius 2 is 1.58 bits per heavy atom. The van der Waals surface area contributed by atoms with E-state index in [0.29, 0.717) is 12.3 Å². The van der Waals surface area contributed by atoms with Crippen LogP contribution in [0.15, 0.2) is 78.9 Å². The number of para-hydroxylation sites is 1. The fourth-order valence-corrected chi connectivity index (χ4v) is 2.95. The van der Waals surface area contributed by atoms with Gasteiger partial charge in [0.2, 0.25) is 0 Å². The molecule has 3 rings (SSSR count). The van der Waals surface area contributed by atoms with Gasteiger partial charge < -0.3 is 19.5 Å². The van der Waals surface area contributed by atoms with Crippen molar-refractivity contribution in [1.82, 2.24) is 5.32 Å². The molecule has 6 heteroatoms. The van der Waals surface area contributed by atoms with Gasteiger partial charge in [0.15, 0.2) is 12.7 Å². The highest BCUT2D eigenvalue weighted by Gasteiger charge is 2.18. The molecule has 0 saturated carbocycles. The summed E-state index contributed by atoms with van der Waals surface area (Å²) in [6.07, 6.45) is -0.932. The maximum atomic E-state index is 12.2. The summed E-state index contributed by atoms with van der Waals surface area (Å²) in [5.74, 6) is 0.317. The third-order valence-corrected chi connectivity index (χ3v) is 4.62. The number of benzene rings is 3. The smallest absolute Gasteiger partial charge is 0.344 e. The fourth-order valence-electron chi connectivity index (χ4n) is 2.95. The average molecular weight is 419 g/mol. The monoisotopic (exact) mass is 419 g/mol. The summed E-state index contributed by atoms with van der Waals surface area (Å²) < 4.78 is 16.0. The largest absolute Gasteiger partial charge is 0.497 e. The van der Waals surface area contributed by atoms with Crippen LogP contribution in [-0.4, -0.2) is 31.7 Å². The quantitative estimate of drug-likeness (QED) is 0.531. The van der Waals surface area contributed by atoms with Crippen molar-refractivity contribution in [1.29, 1.82) is 0 Å². The molecule has 0 saturated heterocycles. The van der Waals surface area contributed by atoms with Crippen LogP contribution in [-0.2, 0) is 20.9 Å². The molecular formula is C25H25NO5. The number of esters is 1. The van der Waals surface area contributed by atoms with Crippen LogP contribution in [0.2, 0.25) is 0 Å². The number of methoxy groups -OCH3 is 1. The van der Waals surface area contributed by atoms with Crippen molar-refractivity contribution in [2.24, 2.45) is 0 Å². The number of ether oxygens (including phenoxy) is 3. The summed E-state index contributed by atoms with van der Waals surface area (Å²) in [6, 6.07) is 24.5. The van der Waals surface area contributed by atoms with Gasteiger partial charge in [0.25, 0.3) is 5.91 Å². The molecule has 0 spiro atoms. The predicted molar refractivity (Wildman–Crippen MR) is 118 cm³/mol. The number of hydrogen-bond donors (Lipinski definition) is 1. The van der Waals surface area contributed by atoms with E-state index >= 15 is 0 Å². The number of carbonyl (C=O) groups excluding carboxylic acids is 2. The van der Waals surface area contributed by atoms with E-state index in [2.05, 4.69) is 5.32 Å². The summed E-state index contributed by atoms with van der Waals surface area (Å²) in [4.78, 5) is 24.4. The lowest BCUT2D eigenvalue weighted by molar-refractivity contribution is -0.156. The van der Waals surface area contributed by atoms with E-state index < -0.39 is 12.1 Å². The van der Waals surface area contributed by atoms with Gasteiger partial charge in [-0.25, -0.2) is 4.79 Å². The molecule has 0 heterocycles. The Kier molecular flexibility index (Phi) is 7.65. The Bertz CT molecular complexity index is 1000. The SMILES string of the molecule is COc1ccc(CNC(=O)[C@@H](C)OC(=O)COc2ccccc2-c2ccccc2)cc1. The molecule has 0 aliphatic rings. The van der Waals surface area contributed by atoms with E-state index in [1.54, 1.807) is 13.2 Å². The second-order valence-corrected chi connectivity index (χ2v) is 6.85. The van der Waals surface area contributed by atoms with Crippen LogP contribution in [0, 0.1) is 0 Å². The van der Waals surface area contributed by atoms with Crippen LogP contribution in [0.5, 0.6) is 11.5 Å². The van der Waals surface area contributed by atoms with Crippen molar-refractivity contribution < 1.29 is 23.8 Å². The van der Waals surface area contributed by atoms with Crippen molar-refractivity contribution in [3.8, 4) is 22.6 Å². The van der Waals surface area contributed by atoms with Crippen molar-refractivity contribution in [2.75, 3.05) is 13.7 Å². The molecule has 0 aliphatic carbocycles. The molecule has 0 radical (unpaired) electrons. The topological polar surface area (TPSA) is 73.9 Å². The Morgan fingerprint density at radius 1 is 0.903 bits per heavy atom. The van der Waals surface area contributed by atoms with Crippen molar-refractivity contribution in [3.05, 3.63) is 84.4 Å². The van der Waals surface area contributed by atoms with Crippen molar-refractivity contribution in [2.45, 2.75) is 19.6 Å². The summed E-state index contributed by atoms with van der Waals surface area (Å²) in [5.41, 5.74) is 2.77. The van der Waals surface area contributed by atoms with Gasteiger partial charge in [-0.05, 0) is 36.2 Å². The second kappa shape index (κ2) is 10.8. The molecule has 0 aromatic heterocycles. The van der Waals surface area contributed by atoms with Crippen molar-refractivity contribution in [3.63, 3.8) is 0 Å². The molecule has 0 aliphatic heterocycles. The van der Waals surface area contributed by atoms with Gasteiger partial charge in [0.05, 0.1) is 7.11 Å². The summed E-state index contributed by atoms with van der Waals surface area (Å²) in [6.45, 7) is 1.56. The van der Waals surface area contributed by atoms with Crippen LogP contribution in [0.3, 0.4) is 0 Å². The number of amides is 1. The zero-order valence-electron chi connectivity index (χ0n) is 17.5. The van der Waals surface area contributed by atoms with E-state index in [-0.39, 0.29) is 12.5 Å². The number of rotatable bonds is 9. The highest BCUT2D eigenvalue weighted by atomic mass is 16.6. The molecule has 0 unspecified atom stereocenters. The lowest BCUT2D eigenvalue weighted by Gasteiger charge is -2.15. The highest BCUT2D eigenvalue weighted by Crippen LogP contribution is 2.29. The molecule has 6 nitrogen and oxygen atoms in total. The van der Waals surface area contributed by atoms with Crippen LogP contribution < -0.4 is 14.8 Å². The standard InChI is InChI=1S/C25H25NO5/c1-18(25(28)26-16-19-12-14-21(29-2)15-13-19)31-24(27)17-30-23-11-7-6-10-22(23)20-8-4-3-5-9-20/h3-15,18H,16-17H2,1-2H3,(H,26,28)/t18-/m1/s1. The minimum absolute atomic E-state index is 0.292. The Balaban J connectivity index is 1.48. The summed E-state index contributed by atoms with van der Waals surface area (Å²) >= 11 is 0. The lowest BCUT2D eigenvalue weighted by atomic mass is 10.1. The van der Waals surface area contributed by atoms with E-state index in [0.717, 1.165) is 22.4 Å². The first-order valence-electron chi connectivity index (χ1n) is 9.94. The fraction of sp³-hybridized carbons (Fsp3) is 0.200. The van der Waals surface area contributed by atoms with E-state index in [9.17, 15) is 9.59 Å². The van der Waals surface area contributed by atoms with Crippen molar-refractivity contribution >= 4 is 11.9 Å². The molecular weight excluding hydrogens is 394 g/mol. The summed E-state index contributed by atoms with van der Waals surface area (Å²) in [7, 11) is 1.59. The second-order valence-electron chi connectivity index (χ2n) is 6.85. The van der Waals surface area contributed by atoms with Gasteiger partial charge in [0, 0.05) is 12.1 Å². The Morgan fingerprint density at radius 3 is 2.29 bits per heavy atom. The first-order chi connectivity index (χ1) is 15.1.